The number of aromatic amines is 4. The summed E-state index contributed by atoms with van der Waals surface area (Å²) in [5, 5.41) is 10.9. The molecular formula is C17H20N4O3. The number of nitrogens with one attached hydrogen (secondary N) is 4. The highest BCUT2D eigenvalue weighted by atomic mass is 16.5. The van der Waals surface area contributed by atoms with E-state index in [1.807, 2.05) is 31.2 Å². The number of hydrogen-bond acceptors (Lipinski definition) is 3. The topological polar surface area (TPSA) is 107 Å². The van der Waals surface area contributed by atoms with Crippen molar-refractivity contribution in [3.63, 3.8) is 0 Å². The molecule has 0 bridgehead atoms. The highest BCUT2D eigenvalue weighted by Gasteiger charge is 2.30. The van der Waals surface area contributed by atoms with Gasteiger partial charge in [-0.1, -0.05) is 18.2 Å². The number of H-pyrrole nitrogens is 4. The van der Waals surface area contributed by atoms with Gasteiger partial charge in [-0.15, -0.1) is 0 Å². The fourth-order valence-corrected chi connectivity index (χ4v) is 3.07. The first kappa shape index (κ1) is 15.9. The molecule has 4 N–H and O–H groups in total. The molecule has 2 heterocycles. The number of aromatic nitrogens is 4. The Morgan fingerprint density at radius 3 is 1.92 bits per heavy atom. The van der Waals surface area contributed by atoms with Crippen LogP contribution in [-0.4, -0.2) is 27.0 Å². The van der Waals surface area contributed by atoms with E-state index in [4.69, 9.17) is 4.74 Å². The molecule has 0 spiro atoms. The van der Waals surface area contributed by atoms with Gasteiger partial charge in [0, 0.05) is 17.0 Å². The summed E-state index contributed by atoms with van der Waals surface area (Å²) in [6, 6.07) is 7.47. The number of para-hydroxylation sites is 1. The third-order valence-corrected chi connectivity index (χ3v) is 4.13. The maximum atomic E-state index is 12.4. The van der Waals surface area contributed by atoms with Gasteiger partial charge in [-0.2, -0.15) is 0 Å². The van der Waals surface area contributed by atoms with E-state index in [1.165, 1.54) is 0 Å². The molecule has 1 aromatic carbocycles. The van der Waals surface area contributed by atoms with Gasteiger partial charge < -0.3 is 14.9 Å². The van der Waals surface area contributed by atoms with Gasteiger partial charge in [0.1, 0.15) is 5.75 Å². The Bertz CT molecular complexity index is 906. The van der Waals surface area contributed by atoms with Crippen molar-refractivity contribution in [3.8, 4) is 5.75 Å². The largest absolute Gasteiger partial charge is 0.494 e. The van der Waals surface area contributed by atoms with Crippen molar-refractivity contribution in [2.24, 2.45) is 0 Å². The number of ether oxygens (including phenoxy) is 1. The molecule has 0 aliphatic rings. The molecule has 7 heteroatoms. The predicted molar refractivity (Wildman–Crippen MR) is 90.9 cm³/mol. The van der Waals surface area contributed by atoms with Crippen molar-refractivity contribution in [2.45, 2.75) is 26.7 Å². The van der Waals surface area contributed by atoms with Gasteiger partial charge in [-0.05, 0) is 26.8 Å². The van der Waals surface area contributed by atoms with Crippen LogP contribution < -0.4 is 15.9 Å². The van der Waals surface area contributed by atoms with E-state index in [2.05, 4.69) is 20.4 Å². The summed E-state index contributed by atoms with van der Waals surface area (Å²) in [5.74, 6) is 0.128. The summed E-state index contributed by atoms with van der Waals surface area (Å²) in [4.78, 5) is 24.8. The minimum Gasteiger partial charge on any atom is -0.494 e. The van der Waals surface area contributed by atoms with Crippen LogP contribution in [0.4, 0.5) is 0 Å². The maximum absolute atomic E-state index is 12.4. The predicted octanol–water partition coefficient (Wildman–Crippen LogP) is 1.92. The van der Waals surface area contributed by atoms with Crippen molar-refractivity contribution in [1.29, 1.82) is 0 Å². The first-order valence-electron chi connectivity index (χ1n) is 7.80. The van der Waals surface area contributed by atoms with Crippen molar-refractivity contribution in [3.05, 3.63) is 73.1 Å². The zero-order valence-corrected chi connectivity index (χ0v) is 13.8. The van der Waals surface area contributed by atoms with Gasteiger partial charge >= 0.3 is 0 Å². The Kier molecular flexibility index (Phi) is 4.16. The average molecular weight is 328 g/mol. The van der Waals surface area contributed by atoms with Crippen molar-refractivity contribution >= 4 is 0 Å². The molecule has 0 atom stereocenters. The van der Waals surface area contributed by atoms with E-state index in [0.29, 0.717) is 34.9 Å². The molecule has 0 unspecified atom stereocenters. The van der Waals surface area contributed by atoms with E-state index < -0.39 is 5.92 Å². The van der Waals surface area contributed by atoms with Crippen LogP contribution in [0.3, 0.4) is 0 Å². The lowest BCUT2D eigenvalue weighted by molar-refractivity contribution is 0.336. The Balaban J connectivity index is 2.33. The number of hydrogen-bond donors (Lipinski definition) is 4. The molecule has 0 aliphatic carbocycles. The van der Waals surface area contributed by atoms with Gasteiger partial charge in [0.05, 0.1) is 23.7 Å². The van der Waals surface area contributed by atoms with Crippen LogP contribution in [0, 0.1) is 13.8 Å². The fourth-order valence-electron chi connectivity index (χ4n) is 3.07. The standard InChI is InChI=1S/C17H20N4O3/c1-4-24-12-8-6-5-7-11(12)15(13-9(2)18-20-16(13)22)14-10(3)19-21-17(14)23/h5-8,15H,4H2,1-3H3,(H2,18,20,22)(H2,19,21,23). The number of rotatable bonds is 5. The molecule has 3 aromatic rings. The summed E-state index contributed by atoms with van der Waals surface area (Å²) in [6.45, 7) is 6.00. The second kappa shape index (κ2) is 6.27. The lowest BCUT2D eigenvalue weighted by atomic mass is 9.85. The van der Waals surface area contributed by atoms with Gasteiger partial charge in [0.15, 0.2) is 0 Å². The van der Waals surface area contributed by atoms with Crippen LogP contribution in [0.2, 0.25) is 0 Å². The van der Waals surface area contributed by atoms with Gasteiger partial charge in [-0.25, -0.2) is 0 Å². The van der Waals surface area contributed by atoms with E-state index in [-0.39, 0.29) is 11.1 Å². The van der Waals surface area contributed by atoms with Crippen molar-refractivity contribution in [2.75, 3.05) is 6.61 Å². The summed E-state index contributed by atoms with van der Waals surface area (Å²) < 4.78 is 5.73. The molecule has 0 aliphatic heterocycles. The zero-order valence-electron chi connectivity index (χ0n) is 13.8. The molecule has 0 fully saturated rings. The molecular weight excluding hydrogens is 308 g/mol. The summed E-state index contributed by atoms with van der Waals surface area (Å²) in [6.07, 6.45) is 0. The summed E-state index contributed by atoms with van der Waals surface area (Å²) >= 11 is 0. The third-order valence-electron chi connectivity index (χ3n) is 4.13. The Morgan fingerprint density at radius 1 is 0.917 bits per heavy atom. The molecule has 0 radical (unpaired) electrons. The van der Waals surface area contributed by atoms with Crippen LogP contribution in [0.1, 0.15) is 40.9 Å². The van der Waals surface area contributed by atoms with Crippen molar-refractivity contribution in [1.82, 2.24) is 20.4 Å². The second-order valence-electron chi connectivity index (χ2n) is 5.64. The summed E-state index contributed by atoms with van der Waals surface area (Å²) in [5.41, 5.74) is 2.69. The molecule has 24 heavy (non-hydrogen) atoms. The molecule has 126 valence electrons. The van der Waals surface area contributed by atoms with Gasteiger partial charge in [0.2, 0.25) is 0 Å². The average Bonchev–Trinajstić information content (AvgIpc) is 3.07. The fraction of sp³-hybridized carbons (Fsp3) is 0.294. The Labute approximate surface area is 138 Å². The van der Waals surface area contributed by atoms with Gasteiger partial charge in [-0.3, -0.25) is 19.8 Å². The molecule has 7 nitrogen and oxygen atoms in total. The van der Waals surface area contributed by atoms with Crippen LogP contribution in [0.15, 0.2) is 33.9 Å². The van der Waals surface area contributed by atoms with E-state index >= 15 is 0 Å². The van der Waals surface area contributed by atoms with Crippen LogP contribution in [-0.2, 0) is 0 Å². The molecule has 3 rings (SSSR count). The first-order valence-corrected chi connectivity index (χ1v) is 7.80. The molecule has 0 saturated heterocycles. The highest BCUT2D eigenvalue weighted by Crippen LogP contribution is 2.36. The lowest BCUT2D eigenvalue weighted by Crippen LogP contribution is -2.21. The third kappa shape index (κ3) is 2.58. The number of benzene rings is 1. The smallest absolute Gasteiger partial charge is 0.268 e. The highest BCUT2D eigenvalue weighted by molar-refractivity contribution is 5.50. The molecule has 0 saturated carbocycles. The minimum atomic E-state index is -0.530. The number of aryl methyl sites for hydroxylation is 2. The Hall–Kier alpha value is -2.96. The SMILES string of the molecule is CCOc1ccccc1C(c1c(C)[nH][nH]c1=O)c1c(C)[nH][nH]c1=O. The zero-order chi connectivity index (χ0) is 17.3. The van der Waals surface area contributed by atoms with E-state index in [0.717, 1.165) is 5.56 Å². The van der Waals surface area contributed by atoms with E-state index in [9.17, 15) is 9.59 Å². The quantitative estimate of drug-likeness (QED) is 0.575. The maximum Gasteiger partial charge on any atom is 0.268 e. The lowest BCUT2D eigenvalue weighted by Gasteiger charge is -2.19. The minimum absolute atomic E-state index is 0.246. The van der Waals surface area contributed by atoms with Crippen LogP contribution in [0.5, 0.6) is 5.75 Å². The molecule has 0 amide bonds. The summed E-state index contributed by atoms with van der Waals surface area (Å²) in [7, 11) is 0. The second-order valence-corrected chi connectivity index (χ2v) is 5.64. The first-order chi connectivity index (χ1) is 11.5. The normalized spacial score (nSPS) is 11.2. The molecule has 2 aromatic heterocycles. The Morgan fingerprint density at radius 2 is 1.46 bits per heavy atom. The van der Waals surface area contributed by atoms with Crippen molar-refractivity contribution < 1.29 is 4.74 Å². The van der Waals surface area contributed by atoms with Crippen LogP contribution >= 0.6 is 0 Å². The van der Waals surface area contributed by atoms with Gasteiger partial charge in [0.25, 0.3) is 11.1 Å². The monoisotopic (exact) mass is 328 g/mol. The van der Waals surface area contributed by atoms with Crippen LogP contribution in [0.25, 0.3) is 0 Å². The van der Waals surface area contributed by atoms with E-state index in [1.54, 1.807) is 13.8 Å².